The molecule has 1 N–H and O–H groups in total. The Labute approximate surface area is 53.0 Å². The summed E-state index contributed by atoms with van der Waals surface area (Å²) in [5.74, 6) is -1.12. The Kier molecular flexibility index (Phi) is 3.05. The molecule has 0 aliphatic rings. The van der Waals surface area contributed by atoms with Crippen LogP contribution in [0.25, 0.3) is 0 Å². The first-order valence-corrected chi connectivity index (χ1v) is 2.25. The van der Waals surface area contributed by atoms with Crippen LogP contribution in [-0.2, 0) is 4.79 Å². The van der Waals surface area contributed by atoms with E-state index in [9.17, 15) is 4.79 Å². The van der Waals surface area contributed by atoms with Gasteiger partial charge in [0.2, 0.25) is 0 Å². The van der Waals surface area contributed by atoms with Crippen LogP contribution in [0.3, 0.4) is 0 Å². The summed E-state index contributed by atoms with van der Waals surface area (Å²) in [6, 6.07) is 0. The summed E-state index contributed by atoms with van der Waals surface area (Å²) < 4.78 is 0. The number of carboxylic acid groups (broad SMARTS) is 1. The molecule has 0 atom stereocenters. The molecule has 0 amide bonds. The number of aliphatic carboxylic acids is 1. The van der Waals surface area contributed by atoms with E-state index in [1.165, 1.54) is 12.3 Å². The smallest absolute Gasteiger partial charge is 0.353 e. The van der Waals surface area contributed by atoms with Gasteiger partial charge in [0, 0.05) is 6.21 Å². The monoisotopic (exact) mass is 125 g/mol. The quantitative estimate of drug-likeness (QED) is 0.449. The van der Waals surface area contributed by atoms with E-state index in [4.69, 9.17) is 5.11 Å². The van der Waals surface area contributed by atoms with Crippen LogP contribution < -0.4 is 0 Å². The van der Waals surface area contributed by atoms with E-state index in [1.807, 2.05) is 0 Å². The summed E-state index contributed by atoms with van der Waals surface area (Å²) in [7, 11) is 0. The molecular weight excluding hydrogens is 118 g/mol. The first-order valence-electron chi connectivity index (χ1n) is 2.25. The van der Waals surface area contributed by atoms with Crippen LogP contribution in [0.1, 0.15) is 0 Å². The molecule has 0 spiro atoms. The molecule has 0 saturated carbocycles. The van der Waals surface area contributed by atoms with Crippen LogP contribution in [-0.4, -0.2) is 17.3 Å². The standard InChI is InChI=1S/C6H7NO2/c1-3-4-7-5(2)6(8)9/h3-4H,1-2H2,(H,8,9)/b7-4-. The molecule has 0 aromatic carbocycles. The Morgan fingerprint density at radius 1 is 1.67 bits per heavy atom. The van der Waals surface area contributed by atoms with E-state index in [0.717, 1.165) is 0 Å². The Morgan fingerprint density at radius 2 is 2.22 bits per heavy atom. The van der Waals surface area contributed by atoms with Crippen molar-refractivity contribution >= 4 is 12.2 Å². The minimum atomic E-state index is -1.12. The highest BCUT2D eigenvalue weighted by molar-refractivity contribution is 5.88. The fraction of sp³-hybridized carbons (Fsp3) is 0. The zero-order chi connectivity index (χ0) is 7.28. The predicted octanol–water partition coefficient (Wildman–Crippen LogP) is 0.841. The first kappa shape index (κ1) is 7.62. The third kappa shape index (κ3) is 3.22. The second kappa shape index (κ2) is 3.60. The van der Waals surface area contributed by atoms with E-state index in [1.54, 1.807) is 0 Å². The molecule has 0 aliphatic carbocycles. The van der Waals surface area contributed by atoms with Crippen molar-refractivity contribution in [1.82, 2.24) is 0 Å². The van der Waals surface area contributed by atoms with Gasteiger partial charge in [0.15, 0.2) is 0 Å². The van der Waals surface area contributed by atoms with E-state index in [2.05, 4.69) is 18.2 Å². The van der Waals surface area contributed by atoms with Crippen molar-refractivity contribution in [2.75, 3.05) is 0 Å². The molecule has 0 rings (SSSR count). The van der Waals surface area contributed by atoms with Gasteiger partial charge in [-0.3, -0.25) is 0 Å². The highest BCUT2D eigenvalue weighted by Gasteiger charge is 1.96. The van der Waals surface area contributed by atoms with Crippen molar-refractivity contribution in [2.24, 2.45) is 4.99 Å². The topological polar surface area (TPSA) is 49.7 Å². The van der Waals surface area contributed by atoms with Crippen LogP contribution in [0.5, 0.6) is 0 Å². The number of nitrogens with zero attached hydrogens (tertiary/aromatic N) is 1. The van der Waals surface area contributed by atoms with Crippen molar-refractivity contribution in [3.63, 3.8) is 0 Å². The summed E-state index contributed by atoms with van der Waals surface area (Å²) in [4.78, 5) is 13.4. The number of hydrogen-bond acceptors (Lipinski definition) is 2. The van der Waals surface area contributed by atoms with Gasteiger partial charge in [-0.2, -0.15) is 0 Å². The van der Waals surface area contributed by atoms with Gasteiger partial charge in [0.05, 0.1) is 0 Å². The Hall–Kier alpha value is -1.38. The molecule has 0 saturated heterocycles. The zero-order valence-corrected chi connectivity index (χ0v) is 4.87. The van der Waals surface area contributed by atoms with Crippen molar-refractivity contribution in [3.8, 4) is 0 Å². The highest BCUT2D eigenvalue weighted by Crippen LogP contribution is 1.88. The molecular formula is C6H7NO2. The van der Waals surface area contributed by atoms with Crippen LogP contribution in [0.4, 0.5) is 0 Å². The third-order valence-corrected chi connectivity index (χ3v) is 0.583. The van der Waals surface area contributed by atoms with Gasteiger partial charge in [0.1, 0.15) is 5.70 Å². The lowest BCUT2D eigenvalue weighted by atomic mass is 10.5. The lowest BCUT2D eigenvalue weighted by molar-refractivity contribution is -0.132. The molecule has 0 aromatic heterocycles. The number of aliphatic imine (C=N–C) groups is 1. The summed E-state index contributed by atoms with van der Waals surface area (Å²) in [6.07, 6.45) is 2.66. The summed E-state index contributed by atoms with van der Waals surface area (Å²) in [5, 5.41) is 8.16. The van der Waals surface area contributed by atoms with Crippen molar-refractivity contribution in [2.45, 2.75) is 0 Å². The van der Waals surface area contributed by atoms with Gasteiger partial charge in [0.25, 0.3) is 0 Å². The average Bonchev–Trinajstić information content (AvgIpc) is 1.82. The van der Waals surface area contributed by atoms with Crippen molar-refractivity contribution in [1.29, 1.82) is 0 Å². The Bertz CT molecular complexity index is 170. The molecule has 0 radical (unpaired) electrons. The Morgan fingerprint density at radius 3 is 2.56 bits per heavy atom. The maximum atomic E-state index is 9.96. The number of hydrogen-bond donors (Lipinski definition) is 1. The van der Waals surface area contributed by atoms with Gasteiger partial charge in [-0.25, -0.2) is 9.79 Å². The summed E-state index contributed by atoms with van der Waals surface area (Å²) in [5.41, 5.74) is -0.185. The number of carboxylic acids is 1. The molecule has 0 bridgehead atoms. The molecule has 0 unspecified atom stereocenters. The Balaban J connectivity index is 3.92. The normalized spacial score (nSPS) is 9.33. The number of carbonyl (C=O) groups is 1. The van der Waals surface area contributed by atoms with Gasteiger partial charge in [-0.1, -0.05) is 19.2 Å². The minimum Gasteiger partial charge on any atom is -0.477 e. The SMILES string of the molecule is C=C/C=N\C(=C)C(=O)O. The highest BCUT2D eigenvalue weighted by atomic mass is 16.4. The fourth-order valence-electron chi connectivity index (χ4n) is 0.198. The zero-order valence-electron chi connectivity index (χ0n) is 4.87. The molecule has 0 fully saturated rings. The van der Waals surface area contributed by atoms with E-state index in [-0.39, 0.29) is 5.70 Å². The van der Waals surface area contributed by atoms with Crippen molar-refractivity contribution < 1.29 is 9.90 Å². The lowest BCUT2D eigenvalue weighted by Gasteiger charge is -1.85. The second-order valence-electron chi connectivity index (χ2n) is 1.27. The molecule has 0 heterocycles. The van der Waals surface area contributed by atoms with Gasteiger partial charge < -0.3 is 5.11 Å². The van der Waals surface area contributed by atoms with E-state index in [0.29, 0.717) is 0 Å². The predicted molar refractivity (Wildman–Crippen MR) is 35.5 cm³/mol. The number of rotatable bonds is 3. The van der Waals surface area contributed by atoms with Gasteiger partial charge >= 0.3 is 5.97 Å². The average molecular weight is 125 g/mol. The summed E-state index contributed by atoms with van der Waals surface area (Å²) >= 11 is 0. The maximum absolute atomic E-state index is 9.96. The molecule has 9 heavy (non-hydrogen) atoms. The molecule has 0 aromatic rings. The minimum absolute atomic E-state index is 0.185. The first-order chi connectivity index (χ1) is 4.18. The van der Waals surface area contributed by atoms with Crippen molar-refractivity contribution in [3.05, 3.63) is 24.9 Å². The van der Waals surface area contributed by atoms with Crippen LogP contribution in [0.15, 0.2) is 29.9 Å². The van der Waals surface area contributed by atoms with Crippen LogP contribution in [0.2, 0.25) is 0 Å². The van der Waals surface area contributed by atoms with Gasteiger partial charge in [-0.15, -0.1) is 0 Å². The fourth-order valence-corrected chi connectivity index (χ4v) is 0.198. The van der Waals surface area contributed by atoms with Crippen LogP contribution in [0, 0.1) is 0 Å². The second-order valence-corrected chi connectivity index (χ2v) is 1.27. The van der Waals surface area contributed by atoms with Crippen LogP contribution >= 0.6 is 0 Å². The largest absolute Gasteiger partial charge is 0.477 e. The molecule has 48 valence electrons. The molecule has 3 nitrogen and oxygen atoms in total. The lowest BCUT2D eigenvalue weighted by Crippen LogP contribution is -1.95. The molecule has 0 aliphatic heterocycles. The van der Waals surface area contributed by atoms with Gasteiger partial charge in [-0.05, 0) is 0 Å². The van der Waals surface area contributed by atoms with E-state index >= 15 is 0 Å². The summed E-state index contributed by atoms with van der Waals surface area (Å²) in [6.45, 7) is 6.46. The molecule has 3 heteroatoms. The maximum Gasteiger partial charge on any atom is 0.353 e. The van der Waals surface area contributed by atoms with E-state index < -0.39 is 5.97 Å². The number of allylic oxidation sites excluding steroid dienone is 1. The third-order valence-electron chi connectivity index (χ3n) is 0.583.